The number of ether oxygens (including phenoxy) is 1. The summed E-state index contributed by atoms with van der Waals surface area (Å²) in [5.41, 5.74) is 8.65. The van der Waals surface area contributed by atoms with Gasteiger partial charge in [0.25, 0.3) is 0 Å². The maximum atomic E-state index is 12.2. The lowest BCUT2D eigenvalue weighted by Gasteiger charge is -2.12. The van der Waals surface area contributed by atoms with Crippen LogP contribution in [-0.4, -0.2) is 20.3 Å². The molecule has 2 aromatic heterocycles. The van der Waals surface area contributed by atoms with Gasteiger partial charge in [-0.05, 0) is 32.4 Å². The molecule has 0 radical (unpaired) electrons. The molecule has 21 heavy (non-hydrogen) atoms. The van der Waals surface area contributed by atoms with E-state index in [1.165, 1.54) is 0 Å². The molecule has 0 aromatic carbocycles. The fourth-order valence-electron chi connectivity index (χ4n) is 2.18. The fraction of sp³-hybridized carbons (Fsp3) is 0.467. The third-order valence-electron chi connectivity index (χ3n) is 3.38. The highest BCUT2D eigenvalue weighted by molar-refractivity contribution is 5.89. The molecule has 2 N–H and O–H groups in total. The smallest absolute Gasteiger partial charge is 0.355 e. The molecule has 0 aliphatic heterocycles. The summed E-state index contributed by atoms with van der Waals surface area (Å²) in [5.74, 6) is -0.375. The zero-order valence-corrected chi connectivity index (χ0v) is 13.0. The molecule has 0 aliphatic carbocycles. The van der Waals surface area contributed by atoms with Gasteiger partial charge in [-0.25, -0.2) is 4.79 Å². The van der Waals surface area contributed by atoms with Crippen molar-refractivity contribution in [3.05, 3.63) is 35.4 Å². The van der Waals surface area contributed by atoms with E-state index < -0.39 is 0 Å². The van der Waals surface area contributed by atoms with E-state index in [0.717, 1.165) is 17.8 Å². The number of aryl methyl sites for hydroxylation is 2. The Labute approximate surface area is 124 Å². The van der Waals surface area contributed by atoms with Gasteiger partial charge < -0.3 is 15.0 Å². The molecule has 6 heteroatoms. The van der Waals surface area contributed by atoms with Crippen molar-refractivity contribution >= 4 is 11.7 Å². The Morgan fingerprint density at radius 1 is 1.43 bits per heavy atom. The predicted octanol–water partition coefficient (Wildman–Crippen LogP) is 2.30. The van der Waals surface area contributed by atoms with Crippen LogP contribution in [0.25, 0.3) is 0 Å². The van der Waals surface area contributed by atoms with E-state index in [2.05, 4.69) is 5.10 Å². The number of carbonyl (C=O) groups is 1. The molecule has 0 aliphatic rings. The van der Waals surface area contributed by atoms with Crippen molar-refractivity contribution in [2.75, 3.05) is 5.73 Å². The number of aromatic nitrogens is 3. The molecule has 0 unspecified atom stereocenters. The van der Waals surface area contributed by atoms with Crippen molar-refractivity contribution in [1.82, 2.24) is 14.3 Å². The Balaban J connectivity index is 2.10. The Bertz CT molecular complexity index is 640. The first-order valence-electron chi connectivity index (χ1n) is 7.08. The van der Waals surface area contributed by atoms with Crippen molar-refractivity contribution in [2.24, 2.45) is 7.05 Å². The van der Waals surface area contributed by atoms with Gasteiger partial charge >= 0.3 is 5.97 Å². The highest BCUT2D eigenvalue weighted by Crippen LogP contribution is 2.18. The first-order chi connectivity index (χ1) is 9.92. The van der Waals surface area contributed by atoms with Gasteiger partial charge in [0.15, 0.2) is 0 Å². The van der Waals surface area contributed by atoms with Crippen LogP contribution in [0.4, 0.5) is 5.69 Å². The molecule has 0 amide bonds. The van der Waals surface area contributed by atoms with Gasteiger partial charge in [0.1, 0.15) is 12.3 Å². The molecule has 2 aromatic rings. The van der Waals surface area contributed by atoms with Crippen molar-refractivity contribution < 1.29 is 9.53 Å². The second kappa shape index (κ2) is 6.03. The zero-order chi connectivity index (χ0) is 15.6. The molecular formula is C15H22N4O2. The monoisotopic (exact) mass is 290 g/mol. The molecule has 0 saturated heterocycles. The van der Waals surface area contributed by atoms with Crippen LogP contribution in [0, 0.1) is 0 Å². The van der Waals surface area contributed by atoms with Gasteiger partial charge in [-0.15, -0.1) is 0 Å². The fourth-order valence-corrected chi connectivity index (χ4v) is 2.18. The molecule has 6 nitrogen and oxygen atoms in total. The largest absolute Gasteiger partial charge is 0.455 e. The predicted molar refractivity (Wildman–Crippen MR) is 80.9 cm³/mol. The number of esters is 1. The molecule has 2 rings (SSSR count). The highest BCUT2D eigenvalue weighted by Gasteiger charge is 2.17. The number of anilines is 1. The summed E-state index contributed by atoms with van der Waals surface area (Å²) < 4.78 is 8.94. The number of hydrogen-bond acceptors (Lipinski definition) is 4. The lowest BCUT2D eigenvalue weighted by atomic mass is 10.3. The minimum atomic E-state index is -0.375. The van der Waals surface area contributed by atoms with E-state index >= 15 is 0 Å². The van der Waals surface area contributed by atoms with Crippen molar-refractivity contribution in [2.45, 2.75) is 39.8 Å². The van der Waals surface area contributed by atoms with Crippen LogP contribution < -0.4 is 5.73 Å². The van der Waals surface area contributed by atoms with Gasteiger partial charge in [-0.2, -0.15) is 5.10 Å². The van der Waals surface area contributed by atoms with Crippen molar-refractivity contribution in [1.29, 1.82) is 0 Å². The van der Waals surface area contributed by atoms with Gasteiger partial charge in [0.2, 0.25) is 0 Å². The number of nitrogens with zero attached hydrogens (tertiary/aromatic N) is 3. The molecule has 0 spiro atoms. The third kappa shape index (κ3) is 3.26. The average molecular weight is 290 g/mol. The van der Waals surface area contributed by atoms with E-state index in [1.807, 2.05) is 38.5 Å². The van der Waals surface area contributed by atoms with Gasteiger partial charge in [0.05, 0.1) is 17.1 Å². The normalized spacial score (nSPS) is 11.1. The summed E-state index contributed by atoms with van der Waals surface area (Å²) in [7, 11) is 1.84. The molecule has 114 valence electrons. The molecule has 0 bridgehead atoms. The van der Waals surface area contributed by atoms with Crippen LogP contribution in [0.2, 0.25) is 0 Å². The van der Waals surface area contributed by atoms with Crippen LogP contribution >= 0.6 is 0 Å². The van der Waals surface area contributed by atoms with E-state index in [0.29, 0.717) is 11.4 Å². The topological polar surface area (TPSA) is 75.1 Å². The van der Waals surface area contributed by atoms with Crippen LogP contribution in [0.15, 0.2) is 18.3 Å². The Kier molecular flexibility index (Phi) is 4.35. The summed E-state index contributed by atoms with van der Waals surface area (Å²) >= 11 is 0. The van der Waals surface area contributed by atoms with E-state index in [-0.39, 0.29) is 18.6 Å². The van der Waals surface area contributed by atoms with E-state index in [9.17, 15) is 4.79 Å². The Morgan fingerprint density at radius 2 is 2.14 bits per heavy atom. The first-order valence-corrected chi connectivity index (χ1v) is 7.08. The first kappa shape index (κ1) is 15.2. The zero-order valence-electron chi connectivity index (χ0n) is 13.0. The van der Waals surface area contributed by atoms with Crippen molar-refractivity contribution in [3.8, 4) is 0 Å². The lowest BCUT2D eigenvalue weighted by Crippen LogP contribution is -2.14. The van der Waals surface area contributed by atoms with Crippen LogP contribution in [0.5, 0.6) is 0 Å². The molecule has 0 saturated carbocycles. The standard InChI is InChI=1S/C15H22N4O2/c1-5-12-7-13(18(4)17-12)9-21-15(20)14-6-11(16)8-19(14)10(2)3/h6-8,10H,5,9,16H2,1-4H3. The molecule has 2 heterocycles. The van der Waals surface area contributed by atoms with Crippen LogP contribution in [-0.2, 0) is 24.8 Å². The number of nitrogens with two attached hydrogens (primary N) is 1. The SMILES string of the molecule is CCc1cc(COC(=O)c2cc(N)cn2C(C)C)n(C)n1. The van der Waals surface area contributed by atoms with Crippen LogP contribution in [0.3, 0.4) is 0 Å². The minimum absolute atomic E-state index is 0.147. The molecular weight excluding hydrogens is 268 g/mol. The van der Waals surface area contributed by atoms with Gasteiger partial charge in [-0.1, -0.05) is 6.92 Å². The van der Waals surface area contributed by atoms with E-state index in [4.69, 9.17) is 10.5 Å². The van der Waals surface area contributed by atoms with E-state index in [1.54, 1.807) is 16.9 Å². The second-order valence-electron chi connectivity index (χ2n) is 5.34. The maximum absolute atomic E-state index is 12.2. The number of rotatable bonds is 5. The number of carbonyl (C=O) groups excluding carboxylic acids is 1. The summed E-state index contributed by atoms with van der Waals surface area (Å²) in [6.07, 6.45) is 2.61. The maximum Gasteiger partial charge on any atom is 0.355 e. The summed E-state index contributed by atoms with van der Waals surface area (Å²) in [6, 6.07) is 3.74. The molecule has 0 fully saturated rings. The molecule has 0 atom stereocenters. The second-order valence-corrected chi connectivity index (χ2v) is 5.34. The average Bonchev–Trinajstić information content (AvgIpc) is 2.99. The lowest BCUT2D eigenvalue weighted by molar-refractivity contribution is 0.0449. The van der Waals surface area contributed by atoms with Gasteiger partial charge in [-0.3, -0.25) is 4.68 Å². The Hall–Kier alpha value is -2.24. The summed E-state index contributed by atoms with van der Waals surface area (Å²) in [6.45, 7) is 6.22. The highest BCUT2D eigenvalue weighted by atomic mass is 16.5. The summed E-state index contributed by atoms with van der Waals surface area (Å²) in [4.78, 5) is 12.2. The van der Waals surface area contributed by atoms with Gasteiger partial charge in [0, 0.05) is 19.3 Å². The number of nitrogen functional groups attached to an aromatic ring is 1. The minimum Gasteiger partial charge on any atom is -0.455 e. The quantitative estimate of drug-likeness (QED) is 0.857. The summed E-state index contributed by atoms with van der Waals surface area (Å²) in [5, 5.41) is 4.33. The van der Waals surface area contributed by atoms with Crippen LogP contribution in [0.1, 0.15) is 48.7 Å². The number of hydrogen-bond donors (Lipinski definition) is 1. The Morgan fingerprint density at radius 3 is 2.71 bits per heavy atom. The third-order valence-corrected chi connectivity index (χ3v) is 3.38. The van der Waals surface area contributed by atoms with Crippen molar-refractivity contribution in [3.63, 3.8) is 0 Å².